The first-order chi connectivity index (χ1) is 7.15. The Kier molecular flexibility index (Phi) is 4.51. The van der Waals surface area contributed by atoms with Crippen LogP contribution in [-0.4, -0.2) is 61.3 Å². The summed E-state index contributed by atoms with van der Waals surface area (Å²) in [6.45, 7) is 2.12. The van der Waals surface area contributed by atoms with Crippen molar-refractivity contribution in [1.29, 1.82) is 0 Å². The maximum atomic E-state index is 11.8. The van der Waals surface area contributed by atoms with E-state index in [1.54, 1.807) is 11.9 Å². The highest BCUT2D eigenvalue weighted by molar-refractivity contribution is 5.86. The van der Waals surface area contributed by atoms with Crippen molar-refractivity contribution in [2.24, 2.45) is 0 Å². The molecule has 1 fully saturated rings. The highest BCUT2D eigenvalue weighted by Gasteiger charge is 2.26. The Labute approximate surface area is 88.2 Å². The van der Waals surface area contributed by atoms with E-state index in [4.69, 9.17) is 9.84 Å². The summed E-state index contributed by atoms with van der Waals surface area (Å²) in [5, 5.41) is 11.3. The molecule has 0 radical (unpaired) electrons. The summed E-state index contributed by atoms with van der Waals surface area (Å²) < 4.78 is 5.11. The summed E-state index contributed by atoms with van der Waals surface area (Å²) in [5.41, 5.74) is 0. The molecular weight excluding hydrogens is 200 g/mol. The van der Waals surface area contributed by atoms with Crippen LogP contribution in [0.15, 0.2) is 0 Å². The van der Waals surface area contributed by atoms with Crippen LogP contribution in [0.3, 0.4) is 0 Å². The number of hydrogen-bond donors (Lipinski definition) is 2. The maximum absolute atomic E-state index is 11.8. The first-order valence-electron chi connectivity index (χ1n) is 4.90. The highest BCUT2D eigenvalue weighted by Crippen LogP contribution is 2.03. The van der Waals surface area contributed by atoms with Crippen LogP contribution in [0.25, 0.3) is 0 Å². The van der Waals surface area contributed by atoms with E-state index in [1.165, 1.54) is 0 Å². The number of ether oxygens (including phenoxy) is 1. The second-order valence-corrected chi connectivity index (χ2v) is 3.38. The van der Waals surface area contributed by atoms with Crippen molar-refractivity contribution < 1.29 is 19.4 Å². The third-order valence-corrected chi connectivity index (χ3v) is 2.35. The number of amides is 1. The summed E-state index contributed by atoms with van der Waals surface area (Å²) >= 11 is 0. The third kappa shape index (κ3) is 3.49. The predicted octanol–water partition coefficient (Wildman–Crippen LogP) is -1.09. The fraction of sp³-hybridized carbons (Fsp3) is 0.778. The lowest BCUT2D eigenvalue weighted by Crippen LogP contribution is -2.50. The van der Waals surface area contributed by atoms with Crippen LogP contribution in [0.4, 0.5) is 0 Å². The van der Waals surface area contributed by atoms with Crippen molar-refractivity contribution in [1.82, 2.24) is 10.2 Å². The molecule has 6 heteroatoms. The largest absolute Gasteiger partial charge is 0.481 e. The zero-order valence-electron chi connectivity index (χ0n) is 8.73. The first kappa shape index (κ1) is 11.9. The van der Waals surface area contributed by atoms with Gasteiger partial charge in [0, 0.05) is 13.1 Å². The van der Waals surface area contributed by atoms with Crippen molar-refractivity contribution in [2.45, 2.75) is 12.5 Å². The van der Waals surface area contributed by atoms with Crippen molar-refractivity contribution in [3.05, 3.63) is 0 Å². The van der Waals surface area contributed by atoms with Gasteiger partial charge in [-0.25, -0.2) is 0 Å². The van der Waals surface area contributed by atoms with Crippen LogP contribution < -0.4 is 5.32 Å². The molecule has 15 heavy (non-hydrogen) atoms. The van der Waals surface area contributed by atoms with E-state index in [0.29, 0.717) is 26.3 Å². The Bertz CT molecular complexity index is 238. The molecule has 0 saturated carbocycles. The Morgan fingerprint density at radius 3 is 2.53 bits per heavy atom. The van der Waals surface area contributed by atoms with E-state index in [-0.39, 0.29) is 12.3 Å². The van der Waals surface area contributed by atoms with E-state index in [1.807, 2.05) is 0 Å². The minimum atomic E-state index is -0.976. The molecule has 1 unspecified atom stereocenters. The molecule has 1 aliphatic heterocycles. The van der Waals surface area contributed by atoms with Gasteiger partial charge in [0.15, 0.2) is 0 Å². The normalized spacial score (nSPS) is 18.6. The molecule has 1 heterocycles. The summed E-state index contributed by atoms with van der Waals surface area (Å²) in [4.78, 5) is 24.0. The molecule has 0 aromatic rings. The number of carbonyl (C=O) groups is 2. The minimum Gasteiger partial charge on any atom is -0.481 e. The van der Waals surface area contributed by atoms with Crippen LogP contribution in [0, 0.1) is 0 Å². The number of carboxylic acids is 1. The van der Waals surface area contributed by atoms with Gasteiger partial charge in [0.25, 0.3) is 0 Å². The number of nitrogens with one attached hydrogen (secondary N) is 1. The van der Waals surface area contributed by atoms with Crippen LogP contribution in [0.1, 0.15) is 6.42 Å². The van der Waals surface area contributed by atoms with E-state index in [9.17, 15) is 9.59 Å². The number of morpholine rings is 1. The minimum absolute atomic E-state index is 0.164. The van der Waals surface area contributed by atoms with Gasteiger partial charge in [0.05, 0.1) is 25.7 Å². The smallest absolute Gasteiger partial charge is 0.305 e. The van der Waals surface area contributed by atoms with Gasteiger partial charge in [-0.3, -0.25) is 9.59 Å². The SMILES string of the molecule is CNC(CC(=O)O)C(=O)N1CCOCC1. The monoisotopic (exact) mass is 216 g/mol. The van der Waals surface area contributed by atoms with E-state index < -0.39 is 12.0 Å². The van der Waals surface area contributed by atoms with Crippen LogP contribution in [-0.2, 0) is 14.3 Å². The van der Waals surface area contributed by atoms with Gasteiger partial charge in [-0.05, 0) is 7.05 Å². The van der Waals surface area contributed by atoms with E-state index >= 15 is 0 Å². The number of rotatable bonds is 4. The Morgan fingerprint density at radius 1 is 1.47 bits per heavy atom. The van der Waals surface area contributed by atoms with Gasteiger partial charge in [0.2, 0.25) is 5.91 Å². The van der Waals surface area contributed by atoms with Crippen molar-refractivity contribution in [3.63, 3.8) is 0 Å². The van der Waals surface area contributed by atoms with Gasteiger partial charge in [-0.1, -0.05) is 0 Å². The summed E-state index contributed by atoms with van der Waals surface area (Å²) in [7, 11) is 1.59. The molecule has 1 rings (SSSR count). The van der Waals surface area contributed by atoms with E-state index in [0.717, 1.165) is 0 Å². The Hall–Kier alpha value is -1.14. The lowest BCUT2D eigenvalue weighted by atomic mass is 10.1. The zero-order valence-corrected chi connectivity index (χ0v) is 8.73. The van der Waals surface area contributed by atoms with Gasteiger partial charge in [-0.2, -0.15) is 0 Å². The second-order valence-electron chi connectivity index (χ2n) is 3.38. The molecule has 6 nitrogen and oxygen atoms in total. The first-order valence-corrected chi connectivity index (χ1v) is 4.90. The number of carbonyl (C=O) groups excluding carboxylic acids is 1. The average molecular weight is 216 g/mol. The van der Waals surface area contributed by atoms with E-state index in [2.05, 4.69) is 5.32 Å². The summed E-state index contributed by atoms with van der Waals surface area (Å²) in [6, 6.07) is -0.638. The standard InChI is InChI=1S/C9H16N2O4/c1-10-7(6-8(12)13)9(14)11-2-4-15-5-3-11/h7,10H,2-6H2,1H3,(H,12,13). The third-order valence-electron chi connectivity index (χ3n) is 2.35. The zero-order chi connectivity index (χ0) is 11.3. The van der Waals surface area contributed by atoms with Crippen molar-refractivity contribution in [3.8, 4) is 0 Å². The lowest BCUT2D eigenvalue weighted by molar-refractivity contribution is -0.144. The molecule has 0 bridgehead atoms. The highest BCUT2D eigenvalue weighted by atomic mass is 16.5. The predicted molar refractivity (Wildman–Crippen MR) is 52.5 cm³/mol. The molecule has 86 valence electrons. The van der Waals surface area contributed by atoms with Gasteiger partial charge >= 0.3 is 5.97 Å². The molecule has 0 aliphatic carbocycles. The van der Waals surface area contributed by atoms with Gasteiger partial charge in [0.1, 0.15) is 0 Å². The number of nitrogens with zero attached hydrogens (tertiary/aromatic N) is 1. The average Bonchev–Trinajstić information content (AvgIpc) is 2.26. The number of aliphatic carboxylic acids is 1. The molecule has 1 amide bonds. The number of carboxylic acid groups (broad SMARTS) is 1. The number of likely N-dealkylation sites (N-methyl/N-ethyl adjacent to an activating group) is 1. The quantitative estimate of drug-likeness (QED) is 0.624. The van der Waals surface area contributed by atoms with Crippen LogP contribution in [0.2, 0.25) is 0 Å². The van der Waals surface area contributed by atoms with Gasteiger partial charge in [-0.15, -0.1) is 0 Å². The molecule has 0 spiro atoms. The molecule has 1 saturated heterocycles. The van der Waals surface area contributed by atoms with Gasteiger partial charge < -0.3 is 20.1 Å². The van der Waals surface area contributed by atoms with Crippen molar-refractivity contribution in [2.75, 3.05) is 33.4 Å². The topological polar surface area (TPSA) is 78.9 Å². The Morgan fingerprint density at radius 2 is 2.07 bits per heavy atom. The molecule has 1 aliphatic rings. The summed E-state index contributed by atoms with van der Waals surface area (Å²) in [5.74, 6) is -1.14. The fourth-order valence-corrected chi connectivity index (χ4v) is 1.49. The molecule has 1 atom stereocenters. The lowest BCUT2D eigenvalue weighted by Gasteiger charge is -2.29. The maximum Gasteiger partial charge on any atom is 0.305 e. The summed E-state index contributed by atoms with van der Waals surface area (Å²) in [6.07, 6.45) is -0.188. The van der Waals surface area contributed by atoms with Crippen molar-refractivity contribution >= 4 is 11.9 Å². The Balaban J connectivity index is 2.50. The fourth-order valence-electron chi connectivity index (χ4n) is 1.49. The molecule has 0 aromatic heterocycles. The second kappa shape index (κ2) is 5.67. The van der Waals surface area contributed by atoms with Crippen LogP contribution >= 0.6 is 0 Å². The number of hydrogen-bond acceptors (Lipinski definition) is 4. The molecular formula is C9H16N2O4. The molecule has 2 N–H and O–H groups in total. The van der Waals surface area contributed by atoms with Crippen LogP contribution in [0.5, 0.6) is 0 Å². The molecule has 0 aromatic carbocycles.